The zero-order valence-corrected chi connectivity index (χ0v) is 15.7. The summed E-state index contributed by atoms with van der Waals surface area (Å²) in [6.07, 6.45) is 0. The van der Waals surface area contributed by atoms with Crippen molar-refractivity contribution in [2.24, 2.45) is 0 Å². The van der Waals surface area contributed by atoms with E-state index >= 15 is 0 Å². The highest BCUT2D eigenvalue weighted by atomic mass is 32.1. The quantitative estimate of drug-likeness (QED) is 0.815. The van der Waals surface area contributed by atoms with Gasteiger partial charge in [-0.1, -0.05) is 0 Å². The van der Waals surface area contributed by atoms with Gasteiger partial charge in [0.05, 0.1) is 22.9 Å². The van der Waals surface area contributed by atoms with Crippen LogP contribution in [0.3, 0.4) is 0 Å². The summed E-state index contributed by atoms with van der Waals surface area (Å²) in [6.45, 7) is 10.0. The first-order chi connectivity index (χ1) is 11.9. The molecule has 7 nitrogen and oxygen atoms in total. The molecule has 1 saturated heterocycles. The minimum atomic E-state index is -0.0737. The minimum absolute atomic E-state index is 0.0737. The molecule has 0 aliphatic carbocycles. The van der Waals surface area contributed by atoms with Crippen molar-refractivity contribution in [3.63, 3.8) is 0 Å². The Morgan fingerprint density at radius 2 is 1.84 bits per heavy atom. The number of nitrogens with zero attached hydrogens (tertiary/aromatic N) is 5. The minimum Gasteiger partial charge on any atom is -0.335 e. The average Bonchev–Trinajstić information content (AvgIpc) is 2.94. The van der Waals surface area contributed by atoms with Crippen molar-refractivity contribution in [1.29, 1.82) is 0 Å². The standard InChI is InChI=1S/C17H23N5O2S/c1-12-4-5-15(23)22(19-12)11-8-20-6-9-21(10-7-20)17(24)16-13(2)18-14(3)25-16/h4-5H,6-11H2,1-3H3. The van der Waals surface area contributed by atoms with Gasteiger partial charge in [-0.15, -0.1) is 11.3 Å². The summed E-state index contributed by atoms with van der Waals surface area (Å²) in [5, 5.41) is 5.19. The number of carbonyl (C=O) groups excluding carboxylic acids is 1. The van der Waals surface area contributed by atoms with Crippen LogP contribution in [0.2, 0.25) is 0 Å². The van der Waals surface area contributed by atoms with Crippen LogP contribution >= 0.6 is 11.3 Å². The average molecular weight is 361 g/mol. The number of rotatable bonds is 4. The molecule has 0 saturated carbocycles. The highest BCUT2D eigenvalue weighted by Gasteiger charge is 2.24. The summed E-state index contributed by atoms with van der Waals surface area (Å²) in [5.74, 6) is 0.0827. The number of hydrogen-bond donors (Lipinski definition) is 0. The molecule has 8 heteroatoms. The van der Waals surface area contributed by atoms with Gasteiger partial charge in [-0.25, -0.2) is 9.67 Å². The first-order valence-electron chi connectivity index (χ1n) is 8.44. The molecular formula is C17H23N5O2S. The van der Waals surface area contributed by atoms with Crippen LogP contribution in [-0.2, 0) is 6.54 Å². The molecule has 1 aliphatic heterocycles. The van der Waals surface area contributed by atoms with Gasteiger partial charge in [-0.3, -0.25) is 14.5 Å². The van der Waals surface area contributed by atoms with Gasteiger partial charge in [-0.05, 0) is 26.8 Å². The SMILES string of the molecule is Cc1ccc(=O)n(CCN2CCN(C(=O)c3sc(C)nc3C)CC2)n1. The molecule has 134 valence electrons. The van der Waals surface area contributed by atoms with E-state index in [-0.39, 0.29) is 11.5 Å². The molecule has 0 radical (unpaired) electrons. The molecule has 0 N–H and O–H groups in total. The Hall–Kier alpha value is -2.06. The lowest BCUT2D eigenvalue weighted by Gasteiger charge is -2.34. The number of piperazine rings is 1. The van der Waals surface area contributed by atoms with E-state index in [0.29, 0.717) is 19.6 Å². The van der Waals surface area contributed by atoms with E-state index < -0.39 is 0 Å². The lowest BCUT2D eigenvalue weighted by Crippen LogP contribution is -2.49. The van der Waals surface area contributed by atoms with Crippen LogP contribution in [0.25, 0.3) is 0 Å². The molecule has 1 fully saturated rings. The molecule has 0 unspecified atom stereocenters. The molecule has 1 aliphatic rings. The highest BCUT2D eigenvalue weighted by molar-refractivity contribution is 7.13. The Labute approximate surface area is 150 Å². The van der Waals surface area contributed by atoms with Crippen molar-refractivity contribution < 1.29 is 4.79 Å². The lowest BCUT2D eigenvalue weighted by molar-refractivity contribution is 0.0635. The van der Waals surface area contributed by atoms with Gasteiger partial charge in [0.1, 0.15) is 4.88 Å². The van der Waals surface area contributed by atoms with Crippen molar-refractivity contribution in [3.05, 3.63) is 43.8 Å². The van der Waals surface area contributed by atoms with Crippen LogP contribution in [0.4, 0.5) is 0 Å². The van der Waals surface area contributed by atoms with E-state index in [4.69, 9.17) is 0 Å². The maximum absolute atomic E-state index is 12.6. The summed E-state index contributed by atoms with van der Waals surface area (Å²) in [5.41, 5.74) is 1.58. The Bertz CT molecular complexity index is 821. The first kappa shape index (κ1) is 17.8. The van der Waals surface area contributed by atoms with Gasteiger partial charge in [0.2, 0.25) is 0 Å². The lowest BCUT2D eigenvalue weighted by atomic mass is 10.2. The molecule has 0 spiro atoms. The van der Waals surface area contributed by atoms with Crippen molar-refractivity contribution in [1.82, 2.24) is 24.6 Å². The third-order valence-corrected chi connectivity index (χ3v) is 5.45. The molecule has 25 heavy (non-hydrogen) atoms. The van der Waals surface area contributed by atoms with E-state index in [2.05, 4.69) is 15.0 Å². The largest absolute Gasteiger partial charge is 0.335 e. The first-order valence-corrected chi connectivity index (χ1v) is 9.26. The van der Waals surface area contributed by atoms with Crippen molar-refractivity contribution >= 4 is 17.2 Å². The molecule has 2 aromatic rings. The monoisotopic (exact) mass is 361 g/mol. The number of carbonyl (C=O) groups is 1. The van der Waals surface area contributed by atoms with Crippen LogP contribution in [-0.4, -0.2) is 63.2 Å². The number of thiazole rings is 1. The normalized spacial score (nSPS) is 15.6. The number of hydrogen-bond acceptors (Lipinski definition) is 6. The highest BCUT2D eigenvalue weighted by Crippen LogP contribution is 2.20. The topological polar surface area (TPSA) is 71.3 Å². The van der Waals surface area contributed by atoms with Crippen LogP contribution in [0.1, 0.15) is 26.1 Å². The Morgan fingerprint density at radius 1 is 1.12 bits per heavy atom. The van der Waals surface area contributed by atoms with E-state index in [1.807, 2.05) is 25.7 Å². The van der Waals surface area contributed by atoms with E-state index in [1.165, 1.54) is 16.0 Å². The van der Waals surface area contributed by atoms with E-state index in [1.54, 1.807) is 12.1 Å². The fourth-order valence-electron chi connectivity index (χ4n) is 3.00. The predicted octanol–water partition coefficient (Wildman–Crippen LogP) is 1.08. The Balaban J connectivity index is 1.53. The fourth-order valence-corrected chi connectivity index (χ4v) is 3.88. The number of amides is 1. The van der Waals surface area contributed by atoms with Gasteiger partial charge in [-0.2, -0.15) is 5.10 Å². The Morgan fingerprint density at radius 3 is 2.48 bits per heavy atom. The second-order valence-electron chi connectivity index (χ2n) is 6.32. The molecule has 0 aromatic carbocycles. The number of aryl methyl sites for hydroxylation is 3. The third-order valence-electron chi connectivity index (χ3n) is 4.39. The van der Waals surface area contributed by atoms with Gasteiger partial charge in [0.15, 0.2) is 0 Å². The van der Waals surface area contributed by atoms with E-state index in [0.717, 1.165) is 40.9 Å². The summed E-state index contributed by atoms with van der Waals surface area (Å²) < 4.78 is 1.51. The molecule has 2 aromatic heterocycles. The fraction of sp³-hybridized carbons (Fsp3) is 0.529. The van der Waals surface area contributed by atoms with Crippen molar-refractivity contribution in [2.45, 2.75) is 27.3 Å². The molecule has 1 amide bonds. The smallest absolute Gasteiger partial charge is 0.266 e. The van der Waals surface area contributed by atoms with Gasteiger partial charge in [0, 0.05) is 38.8 Å². The van der Waals surface area contributed by atoms with Gasteiger partial charge in [0.25, 0.3) is 11.5 Å². The van der Waals surface area contributed by atoms with Crippen LogP contribution in [0, 0.1) is 20.8 Å². The zero-order chi connectivity index (χ0) is 18.0. The van der Waals surface area contributed by atoms with Crippen LogP contribution < -0.4 is 5.56 Å². The second-order valence-corrected chi connectivity index (χ2v) is 7.52. The molecule has 0 atom stereocenters. The molecular weight excluding hydrogens is 338 g/mol. The maximum atomic E-state index is 12.6. The van der Waals surface area contributed by atoms with Gasteiger partial charge >= 0.3 is 0 Å². The zero-order valence-electron chi connectivity index (χ0n) is 14.9. The molecule has 3 heterocycles. The second kappa shape index (κ2) is 7.45. The summed E-state index contributed by atoms with van der Waals surface area (Å²) in [4.78, 5) is 33.7. The third kappa shape index (κ3) is 4.13. The van der Waals surface area contributed by atoms with Crippen molar-refractivity contribution in [3.8, 4) is 0 Å². The predicted molar refractivity (Wildman–Crippen MR) is 97.2 cm³/mol. The van der Waals surface area contributed by atoms with E-state index in [9.17, 15) is 9.59 Å². The van der Waals surface area contributed by atoms with Gasteiger partial charge < -0.3 is 4.90 Å². The Kier molecular flexibility index (Phi) is 5.29. The molecule has 3 rings (SSSR count). The summed E-state index contributed by atoms with van der Waals surface area (Å²) in [6, 6.07) is 3.28. The van der Waals surface area contributed by atoms with Crippen molar-refractivity contribution in [2.75, 3.05) is 32.7 Å². The summed E-state index contributed by atoms with van der Waals surface area (Å²) >= 11 is 1.47. The summed E-state index contributed by atoms with van der Waals surface area (Å²) in [7, 11) is 0. The molecule has 0 bridgehead atoms. The van der Waals surface area contributed by atoms with Crippen LogP contribution in [0.15, 0.2) is 16.9 Å². The number of aromatic nitrogens is 3. The maximum Gasteiger partial charge on any atom is 0.266 e. The van der Waals surface area contributed by atoms with Crippen LogP contribution in [0.5, 0.6) is 0 Å².